The number of rotatable bonds is 1. The monoisotopic (exact) mass is 125 g/mol. The zero-order chi connectivity index (χ0) is 6.69. The average Bonchev–Trinajstić information content (AvgIpc) is 2.15. The highest BCUT2D eigenvalue weighted by Crippen LogP contribution is 1.92. The van der Waals surface area contributed by atoms with Crippen molar-refractivity contribution in [1.82, 2.24) is 9.97 Å². The lowest BCUT2D eigenvalue weighted by Crippen LogP contribution is -2.06. The summed E-state index contributed by atoms with van der Waals surface area (Å²) in [6, 6.07) is 0. The fourth-order valence-electron chi connectivity index (χ4n) is 0.500. The predicted octanol–water partition coefficient (Wildman–Crippen LogP) is 0.368. The first kappa shape index (κ1) is 5.81. The van der Waals surface area contributed by atoms with Gasteiger partial charge >= 0.3 is 0 Å². The number of carbonyl (C=O) groups excluding carboxylic acids is 1. The molecule has 1 amide bonds. The zero-order valence-electron chi connectivity index (χ0n) is 5.01. The Bertz CT molecular complexity index is 192. The second-order valence-corrected chi connectivity index (χ2v) is 1.62. The number of hydrogen-bond donors (Lipinski definition) is 2. The van der Waals surface area contributed by atoms with Gasteiger partial charge in [-0.2, -0.15) is 0 Å². The number of hydrogen-bond acceptors (Lipinski definition) is 2. The minimum absolute atomic E-state index is 0.120. The molecule has 0 unspecified atom stereocenters. The Hall–Kier alpha value is -1.32. The van der Waals surface area contributed by atoms with E-state index in [1.807, 2.05) is 0 Å². The molecule has 48 valence electrons. The number of nitrogens with zero attached hydrogens (tertiary/aromatic N) is 1. The third-order valence-corrected chi connectivity index (χ3v) is 0.793. The minimum Gasteiger partial charge on any atom is -0.331 e. The Labute approximate surface area is 52.3 Å². The van der Waals surface area contributed by atoms with Crippen LogP contribution in [0.15, 0.2) is 12.4 Å². The molecular formula is C5H7N3O. The van der Waals surface area contributed by atoms with Crippen LogP contribution in [0.3, 0.4) is 0 Å². The van der Waals surface area contributed by atoms with Crippen molar-refractivity contribution in [2.75, 3.05) is 5.32 Å². The maximum absolute atomic E-state index is 10.3. The maximum Gasteiger partial charge on any atom is 0.223 e. The number of aromatic nitrogens is 2. The van der Waals surface area contributed by atoms with E-state index in [0.717, 1.165) is 0 Å². The summed E-state index contributed by atoms with van der Waals surface area (Å²) in [5.74, 6) is 0.368. The summed E-state index contributed by atoms with van der Waals surface area (Å²) in [7, 11) is 0. The quantitative estimate of drug-likeness (QED) is 0.569. The molecule has 0 fully saturated rings. The van der Waals surface area contributed by atoms with Crippen molar-refractivity contribution in [3.05, 3.63) is 12.4 Å². The molecule has 4 nitrogen and oxygen atoms in total. The number of amides is 1. The SMILES string of the molecule is CC(=O)Nc1ncc[nH]1. The van der Waals surface area contributed by atoms with Crippen molar-refractivity contribution in [3.8, 4) is 0 Å². The van der Waals surface area contributed by atoms with Crippen LogP contribution in [-0.4, -0.2) is 15.9 Å². The Morgan fingerprint density at radius 2 is 2.67 bits per heavy atom. The maximum atomic E-state index is 10.3. The Morgan fingerprint density at radius 3 is 3.11 bits per heavy atom. The van der Waals surface area contributed by atoms with Crippen LogP contribution < -0.4 is 5.32 Å². The van der Waals surface area contributed by atoms with E-state index < -0.39 is 0 Å². The topological polar surface area (TPSA) is 57.8 Å². The van der Waals surface area contributed by atoms with E-state index in [-0.39, 0.29) is 5.91 Å². The van der Waals surface area contributed by atoms with E-state index in [4.69, 9.17) is 0 Å². The second-order valence-electron chi connectivity index (χ2n) is 1.62. The smallest absolute Gasteiger partial charge is 0.223 e. The van der Waals surface area contributed by atoms with E-state index >= 15 is 0 Å². The van der Waals surface area contributed by atoms with Gasteiger partial charge in [0.05, 0.1) is 0 Å². The molecule has 9 heavy (non-hydrogen) atoms. The summed E-state index contributed by atoms with van der Waals surface area (Å²) >= 11 is 0. The molecular weight excluding hydrogens is 118 g/mol. The van der Waals surface area contributed by atoms with Crippen LogP contribution in [0.25, 0.3) is 0 Å². The first-order valence-corrected chi connectivity index (χ1v) is 2.56. The summed E-state index contributed by atoms with van der Waals surface area (Å²) in [5, 5.41) is 2.48. The van der Waals surface area contributed by atoms with Crippen molar-refractivity contribution in [2.24, 2.45) is 0 Å². The molecule has 2 N–H and O–H groups in total. The van der Waals surface area contributed by atoms with Crippen LogP contribution in [0.4, 0.5) is 5.95 Å². The number of H-pyrrole nitrogens is 1. The molecule has 1 aromatic rings. The molecule has 0 aliphatic heterocycles. The molecule has 1 rings (SSSR count). The van der Waals surface area contributed by atoms with E-state index in [1.54, 1.807) is 12.4 Å². The highest BCUT2D eigenvalue weighted by molar-refractivity contribution is 5.86. The summed E-state index contributed by atoms with van der Waals surface area (Å²) in [5.41, 5.74) is 0. The first-order valence-electron chi connectivity index (χ1n) is 2.56. The Kier molecular flexibility index (Phi) is 1.48. The summed E-state index contributed by atoms with van der Waals surface area (Å²) < 4.78 is 0. The normalized spacial score (nSPS) is 9.00. The molecule has 0 atom stereocenters. The summed E-state index contributed by atoms with van der Waals surface area (Å²) in [6.45, 7) is 1.43. The minimum atomic E-state index is -0.120. The van der Waals surface area contributed by atoms with Crippen molar-refractivity contribution >= 4 is 11.9 Å². The Balaban J connectivity index is 2.58. The van der Waals surface area contributed by atoms with Gasteiger partial charge in [0.25, 0.3) is 0 Å². The van der Waals surface area contributed by atoms with Crippen molar-refractivity contribution < 1.29 is 4.79 Å². The van der Waals surface area contributed by atoms with Crippen LogP contribution in [0, 0.1) is 0 Å². The van der Waals surface area contributed by atoms with Crippen LogP contribution in [-0.2, 0) is 4.79 Å². The van der Waals surface area contributed by atoms with Crippen molar-refractivity contribution in [2.45, 2.75) is 6.92 Å². The number of carbonyl (C=O) groups is 1. The van der Waals surface area contributed by atoms with Crippen molar-refractivity contribution in [1.29, 1.82) is 0 Å². The molecule has 0 spiro atoms. The van der Waals surface area contributed by atoms with Crippen LogP contribution in [0.1, 0.15) is 6.92 Å². The molecule has 0 bridgehead atoms. The lowest BCUT2D eigenvalue weighted by Gasteiger charge is -1.91. The summed E-state index contributed by atoms with van der Waals surface area (Å²) in [6.07, 6.45) is 3.22. The third-order valence-electron chi connectivity index (χ3n) is 0.793. The van der Waals surface area contributed by atoms with Gasteiger partial charge in [-0.15, -0.1) is 0 Å². The first-order chi connectivity index (χ1) is 4.29. The van der Waals surface area contributed by atoms with Gasteiger partial charge < -0.3 is 4.98 Å². The van der Waals surface area contributed by atoms with E-state index in [9.17, 15) is 4.79 Å². The fraction of sp³-hybridized carbons (Fsp3) is 0.200. The molecule has 0 aliphatic rings. The van der Waals surface area contributed by atoms with Crippen LogP contribution in [0.2, 0.25) is 0 Å². The molecule has 4 heteroatoms. The third kappa shape index (κ3) is 1.56. The van der Waals surface area contributed by atoms with Gasteiger partial charge in [0.15, 0.2) is 0 Å². The highest BCUT2D eigenvalue weighted by atomic mass is 16.1. The lowest BCUT2D eigenvalue weighted by molar-refractivity contribution is -0.114. The second kappa shape index (κ2) is 2.30. The highest BCUT2D eigenvalue weighted by Gasteiger charge is 1.92. The van der Waals surface area contributed by atoms with Gasteiger partial charge in [-0.3, -0.25) is 10.1 Å². The zero-order valence-corrected chi connectivity index (χ0v) is 5.01. The predicted molar refractivity (Wildman–Crippen MR) is 32.9 cm³/mol. The van der Waals surface area contributed by atoms with Crippen LogP contribution in [0.5, 0.6) is 0 Å². The largest absolute Gasteiger partial charge is 0.331 e. The molecule has 1 aromatic heterocycles. The van der Waals surface area contributed by atoms with Crippen LogP contribution >= 0.6 is 0 Å². The standard InChI is InChI=1S/C5H7N3O/c1-4(9)8-5-6-2-3-7-5/h2-3H,1H3,(H2,6,7,8,9). The van der Waals surface area contributed by atoms with Gasteiger partial charge in [0.2, 0.25) is 11.9 Å². The van der Waals surface area contributed by atoms with Gasteiger partial charge in [0.1, 0.15) is 0 Å². The van der Waals surface area contributed by atoms with E-state index in [1.165, 1.54) is 6.92 Å². The Morgan fingerprint density at radius 1 is 1.89 bits per heavy atom. The molecule has 0 aliphatic carbocycles. The van der Waals surface area contributed by atoms with Gasteiger partial charge in [-0.1, -0.05) is 0 Å². The molecule has 0 saturated carbocycles. The van der Waals surface area contributed by atoms with Gasteiger partial charge in [-0.05, 0) is 0 Å². The summed E-state index contributed by atoms with van der Waals surface area (Å²) in [4.78, 5) is 16.8. The molecule has 0 saturated heterocycles. The van der Waals surface area contributed by atoms with Gasteiger partial charge in [-0.25, -0.2) is 4.98 Å². The van der Waals surface area contributed by atoms with Gasteiger partial charge in [0, 0.05) is 19.3 Å². The number of aromatic amines is 1. The fourth-order valence-corrected chi connectivity index (χ4v) is 0.500. The molecule has 0 aromatic carbocycles. The molecule has 0 radical (unpaired) electrons. The average molecular weight is 125 g/mol. The number of imidazole rings is 1. The number of nitrogens with one attached hydrogen (secondary N) is 2. The van der Waals surface area contributed by atoms with E-state index in [0.29, 0.717) is 5.95 Å². The van der Waals surface area contributed by atoms with Crippen molar-refractivity contribution in [3.63, 3.8) is 0 Å². The lowest BCUT2D eigenvalue weighted by atomic mass is 10.7. The van der Waals surface area contributed by atoms with E-state index in [2.05, 4.69) is 15.3 Å². The molecule has 1 heterocycles. The number of anilines is 1.